The van der Waals surface area contributed by atoms with Crippen molar-refractivity contribution in [3.8, 4) is 0 Å². The number of hydrogen-bond donors (Lipinski definition) is 1. The summed E-state index contributed by atoms with van der Waals surface area (Å²) in [7, 11) is 2.10. The van der Waals surface area contributed by atoms with Gasteiger partial charge in [-0.3, -0.25) is 0 Å². The highest BCUT2D eigenvalue weighted by Crippen LogP contribution is 2.39. The van der Waals surface area contributed by atoms with Crippen LogP contribution in [0, 0.1) is 5.92 Å². The van der Waals surface area contributed by atoms with Crippen LogP contribution < -0.4 is 5.32 Å². The van der Waals surface area contributed by atoms with Gasteiger partial charge in [0.15, 0.2) is 0 Å². The van der Waals surface area contributed by atoms with Gasteiger partial charge in [-0.25, -0.2) is 4.98 Å². The summed E-state index contributed by atoms with van der Waals surface area (Å²) in [6.07, 6.45) is 6.47. The summed E-state index contributed by atoms with van der Waals surface area (Å²) in [4.78, 5) is 4.90. The highest BCUT2D eigenvalue weighted by molar-refractivity contribution is 7.09. The molecule has 3 heteroatoms. The molecular formula is C15H26N2S. The molecule has 1 aliphatic rings. The van der Waals surface area contributed by atoms with Crippen molar-refractivity contribution in [2.45, 2.75) is 64.3 Å². The molecule has 1 saturated carbocycles. The third kappa shape index (κ3) is 2.77. The van der Waals surface area contributed by atoms with Gasteiger partial charge in [-0.15, -0.1) is 11.3 Å². The zero-order valence-corrected chi connectivity index (χ0v) is 12.9. The Kier molecular flexibility index (Phi) is 4.44. The second-order valence-electron chi connectivity index (χ2n) is 6.10. The van der Waals surface area contributed by atoms with E-state index in [9.17, 15) is 0 Å². The average Bonchev–Trinajstić information content (AvgIpc) is 2.76. The highest BCUT2D eigenvalue weighted by Gasteiger charge is 2.35. The lowest BCUT2D eigenvalue weighted by Gasteiger charge is -2.30. The van der Waals surface area contributed by atoms with Crippen molar-refractivity contribution in [3.63, 3.8) is 0 Å². The van der Waals surface area contributed by atoms with Crippen LogP contribution in [0.1, 0.15) is 69.5 Å². The Morgan fingerprint density at radius 3 is 2.78 bits per heavy atom. The van der Waals surface area contributed by atoms with E-state index >= 15 is 0 Å². The van der Waals surface area contributed by atoms with Crippen LogP contribution in [0.15, 0.2) is 5.38 Å². The summed E-state index contributed by atoms with van der Waals surface area (Å²) in [5.41, 5.74) is 1.39. The molecule has 0 radical (unpaired) electrons. The molecule has 1 aromatic heterocycles. The van der Waals surface area contributed by atoms with Gasteiger partial charge >= 0.3 is 0 Å². The lowest BCUT2D eigenvalue weighted by molar-refractivity contribution is 0.308. The molecule has 0 aliphatic heterocycles. The van der Waals surface area contributed by atoms with Crippen molar-refractivity contribution in [1.82, 2.24) is 10.3 Å². The van der Waals surface area contributed by atoms with Crippen molar-refractivity contribution in [3.05, 3.63) is 16.1 Å². The Hall–Kier alpha value is -0.410. The van der Waals surface area contributed by atoms with Crippen LogP contribution in [0.4, 0.5) is 0 Å². The van der Waals surface area contributed by atoms with Crippen LogP contribution in [0.25, 0.3) is 0 Å². The van der Waals surface area contributed by atoms with E-state index in [1.165, 1.54) is 42.8 Å². The van der Waals surface area contributed by atoms with E-state index < -0.39 is 0 Å². The summed E-state index contributed by atoms with van der Waals surface area (Å²) in [5, 5.41) is 7.15. The lowest BCUT2D eigenvalue weighted by atomic mass is 9.90. The summed E-state index contributed by atoms with van der Waals surface area (Å²) in [6, 6.07) is 0. The van der Waals surface area contributed by atoms with E-state index in [1.807, 2.05) is 11.3 Å². The predicted molar refractivity (Wildman–Crippen MR) is 79.2 cm³/mol. The van der Waals surface area contributed by atoms with Crippen molar-refractivity contribution < 1.29 is 0 Å². The summed E-state index contributed by atoms with van der Waals surface area (Å²) >= 11 is 1.84. The fourth-order valence-corrected chi connectivity index (χ4v) is 4.10. The van der Waals surface area contributed by atoms with E-state index in [0.29, 0.717) is 5.92 Å². The lowest BCUT2D eigenvalue weighted by Crippen LogP contribution is -2.39. The normalized spacial score (nSPS) is 29.5. The maximum Gasteiger partial charge on any atom is 0.113 e. The number of nitrogens with zero attached hydrogens (tertiary/aromatic N) is 1. The topological polar surface area (TPSA) is 24.9 Å². The van der Waals surface area contributed by atoms with Crippen LogP contribution in [-0.4, -0.2) is 12.0 Å². The predicted octanol–water partition coefficient (Wildman–Crippen LogP) is 4.28. The molecule has 0 spiro atoms. The van der Waals surface area contributed by atoms with Crippen LogP contribution in [0.5, 0.6) is 0 Å². The molecule has 1 aromatic rings. The van der Waals surface area contributed by atoms with Gasteiger partial charge in [0.2, 0.25) is 0 Å². The van der Waals surface area contributed by atoms with Gasteiger partial charge in [0.05, 0.1) is 11.2 Å². The molecule has 1 aliphatic carbocycles. The molecule has 2 atom stereocenters. The molecule has 0 aromatic carbocycles. The van der Waals surface area contributed by atoms with Crippen molar-refractivity contribution in [2.75, 3.05) is 7.05 Å². The van der Waals surface area contributed by atoms with Gasteiger partial charge < -0.3 is 5.32 Å². The molecule has 2 unspecified atom stereocenters. The summed E-state index contributed by atoms with van der Waals surface area (Å²) in [5.74, 6) is 1.40. The minimum absolute atomic E-state index is 0.141. The summed E-state index contributed by atoms with van der Waals surface area (Å²) < 4.78 is 0. The molecule has 102 valence electrons. The first-order valence-corrected chi connectivity index (χ1v) is 8.10. The fraction of sp³-hybridized carbons (Fsp3) is 0.800. The fourth-order valence-electron chi connectivity index (χ4n) is 2.86. The number of aromatic nitrogens is 1. The smallest absolute Gasteiger partial charge is 0.113 e. The van der Waals surface area contributed by atoms with E-state index in [2.05, 4.69) is 38.5 Å². The minimum Gasteiger partial charge on any atom is -0.308 e. The average molecular weight is 266 g/mol. The molecule has 1 heterocycles. The van der Waals surface area contributed by atoms with E-state index in [-0.39, 0.29) is 5.54 Å². The first kappa shape index (κ1) is 14.0. The van der Waals surface area contributed by atoms with E-state index in [4.69, 9.17) is 4.98 Å². The molecular weight excluding hydrogens is 240 g/mol. The third-order valence-electron chi connectivity index (χ3n) is 4.37. The van der Waals surface area contributed by atoms with Gasteiger partial charge in [-0.2, -0.15) is 0 Å². The van der Waals surface area contributed by atoms with E-state index in [1.54, 1.807) is 0 Å². The van der Waals surface area contributed by atoms with Crippen LogP contribution in [-0.2, 0) is 5.54 Å². The quantitative estimate of drug-likeness (QED) is 0.826. The second-order valence-corrected chi connectivity index (χ2v) is 6.96. The van der Waals surface area contributed by atoms with Crippen molar-refractivity contribution in [2.24, 2.45) is 5.92 Å². The third-order valence-corrected chi connectivity index (χ3v) is 5.43. The Balaban J connectivity index is 2.24. The first-order valence-electron chi connectivity index (χ1n) is 7.22. The Morgan fingerprint density at radius 2 is 2.17 bits per heavy atom. The summed E-state index contributed by atoms with van der Waals surface area (Å²) in [6.45, 7) is 6.83. The van der Waals surface area contributed by atoms with Crippen LogP contribution in [0.2, 0.25) is 0 Å². The monoisotopic (exact) mass is 266 g/mol. The van der Waals surface area contributed by atoms with E-state index in [0.717, 1.165) is 5.92 Å². The van der Waals surface area contributed by atoms with Gasteiger partial charge in [0, 0.05) is 5.38 Å². The van der Waals surface area contributed by atoms with Crippen LogP contribution in [0.3, 0.4) is 0 Å². The Labute approximate surface area is 115 Å². The maximum absolute atomic E-state index is 4.90. The first-order chi connectivity index (χ1) is 8.57. The second kappa shape index (κ2) is 5.70. The standard InChI is InChI=1S/C15H26N2S/c1-11(2)13-10-18-14(17-13)15(16-4)8-5-6-12(3)7-9-15/h10-12,16H,5-9H2,1-4H3. The van der Waals surface area contributed by atoms with Crippen molar-refractivity contribution in [1.29, 1.82) is 0 Å². The Bertz CT molecular complexity index is 386. The molecule has 18 heavy (non-hydrogen) atoms. The number of hydrogen-bond acceptors (Lipinski definition) is 3. The largest absolute Gasteiger partial charge is 0.308 e. The molecule has 1 N–H and O–H groups in total. The zero-order valence-electron chi connectivity index (χ0n) is 12.1. The van der Waals surface area contributed by atoms with Gasteiger partial charge in [-0.1, -0.05) is 33.6 Å². The van der Waals surface area contributed by atoms with Gasteiger partial charge in [0.25, 0.3) is 0 Å². The van der Waals surface area contributed by atoms with Crippen molar-refractivity contribution >= 4 is 11.3 Å². The van der Waals surface area contributed by atoms with Crippen LogP contribution >= 0.6 is 11.3 Å². The highest BCUT2D eigenvalue weighted by atomic mass is 32.1. The minimum atomic E-state index is 0.141. The molecule has 0 bridgehead atoms. The molecule has 0 amide bonds. The molecule has 2 nitrogen and oxygen atoms in total. The number of thiazole rings is 1. The van der Waals surface area contributed by atoms with Gasteiger partial charge in [-0.05, 0) is 38.1 Å². The maximum atomic E-state index is 4.90. The zero-order chi connectivity index (χ0) is 13.2. The van der Waals surface area contributed by atoms with Gasteiger partial charge in [0.1, 0.15) is 5.01 Å². The number of nitrogens with one attached hydrogen (secondary N) is 1. The molecule has 2 rings (SSSR count). The molecule has 0 saturated heterocycles. The SMILES string of the molecule is CNC1(c2nc(C(C)C)cs2)CCCC(C)CC1. The molecule has 1 fully saturated rings. The number of rotatable bonds is 3. The Morgan fingerprint density at radius 1 is 1.39 bits per heavy atom.